The van der Waals surface area contributed by atoms with Crippen LogP contribution in [0.2, 0.25) is 0 Å². The summed E-state index contributed by atoms with van der Waals surface area (Å²) in [5.74, 6) is 1.23. The normalized spacial score (nSPS) is 10.8. The van der Waals surface area contributed by atoms with Gasteiger partial charge in [-0.25, -0.2) is 0 Å². The summed E-state index contributed by atoms with van der Waals surface area (Å²) in [5.41, 5.74) is 0.928. The zero-order valence-corrected chi connectivity index (χ0v) is 11.9. The highest BCUT2D eigenvalue weighted by molar-refractivity contribution is 9.10. The van der Waals surface area contributed by atoms with Gasteiger partial charge in [-0.3, -0.25) is 0 Å². The van der Waals surface area contributed by atoms with Crippen LogP contribution in [0.25, 0.3) is 11.5 Å². The molecule has 0 aliphatic carbocycles. The first kappa shape index (κ1) is 13.2. The summed E-state index contributed by atoms with van der Waals surface area (Å²) in [5, 5.41) is 11.4. The largest absolute Gasteiger partial charge is 0.421 e. The van der Waals surface area contributed by atoms with Gasteiger partial charge in [0, 0.05) is 17.4 Å². The van der Waals surface area contributed by atoms with Gasteiger partial charge < -0.3 is 9.73 Å². The molecule has 0 aliphatic rings. The molecule has 0 spiro atoms. The van der Waals surface area contributed by atoms with E-state index in [1.54, 1.807) is 0 Å². The van der Waals surface area contributed by atoms with Crippen LogP contribution in [0.5, 0.6) is 0 Å². The molecule has 0 saturated heterocycles. The molecule has 2 aromatic rings. The topological polar surface area (TPSA) is 51.0 Å². The summed E-state index contributed by atoms with van der Waals surface area (Å²) in [6.45, 7) is 4.03. The Morgan fingerprint density at radius 3 is 2.83 bits per heavy atom. The van der Waals surface area contributed by atoms with Crippen molar-refractivity contribution >= 4 is 15.9 Å². The summed E-state index contributed by atoms with van der Waals surface area (Å²) in [4.78, 5) is 0. The average Bonchev–Trinajstić information content (AvgIpc) is 2.84. The zero-order chi connectivity index (χ0) is 12.8. The van der Waals surface area contributed by atoms with Gasteiger partial charge in [-0.2, -0.15) is 0 Å². The first-order valence-electron chi connectivity index (χ1n) is 6.09. The lowest BCUT2D eigenvalue weighted by Gasteiger charge is -1.99. The predicted molar refractivity (Wildman–Crippen MR) is 74.3 cm³/mol. The lowest BCUT2D eigenvalue weighted by atomic mass is 10.2. The highest BCUT2D eigenvalue weighted by Crippen LogP contribution is 2.26. The maximum Gasteiger partial charge on any atom is 0.248 e. The van der Waals surface area contributed by atoms with E-state index < -0.39 is 0 Å². The minimum Gasteiger partial charge on any atom is -0.421 e. The molecule has 1 heterocycles. The van der Waals surface area contributed by atoms with E-state index in [9.17, 15) is 0 Å². The number of hydrogen-bond acceptors (Lipinski definition) is 4. The summed E-state index contributed by atoms with van der Waals surface area (Å²) in [7, 11) is 0. The van der Waals surface area contributed by atoms with E-state index in [0.717, 1.165) is 36.0 Å². The maximum atomic E-state index is 5.64. The van der Waals surface area contributed by atoms with Crippen molar-refractivity contribution in [2.45, 2.75) is 19.8 Å². The number of aromatic nitrogens is 2. The molecule has 1 N–H and O–H groups in total. The van der Waals surface area contributed by atoms with Gasteiger partial charge in [-0.05, 0) is 41.0 Å². The fourth-order valence-electron chi connectivity index (χ4n) is 1.60. The van der Waals surface area contributed by atoms with E-state index in [0.29, 0.717) is 11.8 Å². The van der Waals surface area contributed by atoms with Gasteiger partial charge >= 0.3 is 0 Å². The third kappa shape index (κ3) is 3.40. The Morgan fingerprint density at radius 2 is 2.06 bits per heavy atom. The van der Waals surface area contributed by atoms with E-state index >= 15 is 0 Å². The molecule has 18 heavy (non-hydrogen) atoms. The van der Waals surface area contributed by atoms with Gasteiger partial charge in [0.05, 0.1) is 5.56 Å². The van der Waals surface area contributed by atoms with Gasteiger partial charge in [0.25, 0.3) is 0 Å². The van der Waals surface area contributed by atoms with Crippen LogP contribution in [-0.4, -0.2) is 23.3 Å². The van der Waals surface area contributed by atoms with Crippen LogP contribution in [-0.2, 0) is 6.42 Å². The molecule has 2 rings (SSSR count). The molecule has 0 aliphatic heterocycles. The van der Waals surface area contributed by atoms with Crippen molar-refractivity contribution in [1.29, 1.82) is 0 Å². The Bertz CT molecular complexity index is 498. The Balaban J connectivity index is 2.00. The van der Waals surface area contributed by atoms with E-state index in [4.69, 9.17) is 4.42 Å². The van der Waals surface area contributed by atoms with Gasteiger partial charge in [-0.1, -0.05) is 19.1 Å². The van der Waals surface area contributed by atoms with Crippen molar-refractivity contribution in [2.24, 2.45) is 0 Å². The minimum absolute atomic E-state index is 0.563. The number of nitrogens with zero attached hydrogens (tertiary/aromatic N) is 2. The molecule has 96 valence electrons. The molecule has 0 atom stereocenters. The second-order valence-electron chi connectivity index (χ2n) is 3.98. The molecule has 5 heteroatoms. The molecule has 0 fully saturated rings. The smallest absolute Gasteiger partial charge is 0.248 e. The van der Waals surface area contributed by atoms with Crippen molar-refractivity contribution in [2.75, 3.05) is 13.1 Å². The van der Waals surface area contributed by atoms with Crippen molar-refractivity contribution in [3.05, 3.63) is 34.6 Å². The number of nitrogens with one attached hydrogen (secondary N) is 1. The molecule has 4 nitrogen and oxygen atoms in total. The van der Waals surface area contributed by atoms with Crippen LogP contribution < -0.4 is 5.32 Å². The molecule has 0 bridgehead atoms. The van der Waals surface area contributed by atoms with E-state index in [2.05, 4.69) is 38.4 Å². The number of hydrogen-bond donors (Lipinski definition) is 1. The average molecular weight is 310 g/mol. The first-order chi connectivity index (χ1) is 8.81. The Kier molecular flexibility index (Phi) is 4.90. The zero-order valence-electron chi connectivity index (χ0n) is 10.3. The van der Waals surface area contributed by atoms with Crippen molar-refractivity contribution < 1.29 is 4.42 Å². The molecule has 0 radical (unpaired) electrons. The predicted octanol–water partition coefficient (Wildman–Crippen LogP) is 3.04. The van der Waals surface area contributed by atoms with Gasteiger partial charge in [0.2, 0.25) is 11.8 Å². The fraction of sp³-hybridized carbons (Fsp3) is 0.385. The van der Waals surface area contributed by atoms with Crippen LogP contribution in [0.15, 0.2) is 33.2 Å². The van der Waals surface area contributed by atoms with Crippen molar-refractivity contribution in [3.8, 4) is 11.5 Å². The Morgan fingerprint density at radius 1 is 1.22 bits per heavy atom. The molecular weight excluding hydrogens is 294 g/mol. The fourth-order valence-corrected chi connectivity index (χ4v) is 2.05. The second-order valence-corrected chi connectivity index (χ2v) is 4.84. The standard InChI is InChI=1S/C13H16BrN3O/c1-2-8-15-9-7-12-16-17-13(18-12)10-5-3-4-6-11(10)14/h3-6,15H,2,7-9H2,1H3. The van der Waals surface area contributed by atoms with Gasteiger partial charge in [-0.15, -0.1) is 10.2 Å². The second kappa shape index (κ2) is 6.66. The lowest BCUT2D eigenvalue weighted by molar-refractivity contribution is 0.494. The molecule has 0 amide bonds. The maximum absolute atomic E-state index is 5.64. The monoisotopic (exact) mass is 309 g/mol. The van der Waals surface area contributed by atoms with E-state index in [1.807, 2.05) is 24.3 Å². The van der Waals surface area contributed by atoms with Crippen LogP contribution in [0.3, 0.4) is 0 Å². The third-order valence-electron chi connectivity index (χ3n) is 2.51. The summed E-state index contributed by atoms with van der Waals surface area (Å²) in [6.07, 6.45) is 1.89. The molecular formula is C13H16BrN3O. The highest BCUT2D eigenvalue weighted by atomic mass is 79.9. The lowest BCUT2D eigenvalue weighted by Crippen LogP contribution is -2.17. The van der Waals surface area contributed by atoms with Crippen molar-refractivity contribution in [3.63, 3.8) is 0 Å². The van der Waals surface area contributed by atoms with Crippen LogP contribution in [0.4, 0.5) is 0 Å². The molecule has 0 unspecified atom stereocenters. The quantitative estimate of drug-likeness (QED) is 0.833. The van der Waals surface area contributed by atoms with E-state index in [-0.39, 0.29) is 0 Å². The Labute approximate surface area is 115 Å². The number of rotatable bonds is 6. The van der Waals surface area contributed by atoms with Crippen LogP contribution in [0, 0.1) is 0 Å². The summed E-state index contributed by atoms with van der Waals surface area (Å²) >= 11 is 3.48. The number of benzene rings is 1. The molecule has 1 aromatic carbocycles. The minimum atomic E-state index is 0.563. The SMILES string of the molecule is CCCNCCc1nnc(-c2ccccc2Br)o1. The summed E-state index contributed by atoms with van der Waals surface area (Å²) in [6, 6.07) is 7.82. The summed E-state index contributed by atoms with van der Waals surface area (Å²) < 4.78 is 6.60. The Hall–Kier alpha value is -1.20. The molecule has 0 saturated carbocycles. The number of halogens is 1. The van der Waals surface area contributed by atoms with Crippen LogP contribution in [0.1, 0.15) is 19.2 Å². The van der Waals surface area contributed by atoms with E-state index in [1.165, 1.54) is 0 Å². The third-order valence-corrected chi connectivity index (χ3v) is 3.21. The van der Waals surface area contributed by atoms with Crippen LogP contribution >= 0.6 is 15.9 Å². The van der Waals surface area contributed by atoms with Gasteiger partial charge in [0.15, 0.2) is 0 Å². The van der Waals surface area contributed by atoms with Gasteiger partial charge in [0.1, 0.15) is 0 Å². The molecule has 1 aromatic heterocycles. The highest BCUT2D eigenvalue weighted by Gasteiger charge is 2.10. The first-order valence-corrected chi connectivity index (χ1v) is 6.88. The van der Waals surface area contributed by atoms with Crippen molar-refractivity contribution in [1.82, 2.24) is 15.5 Å².